The Morgan fingerprint density at radius 3 is 2.58 bits per heavy atom. The van der Waals surface area contributed by atoms with Gasteiger partial charge >= 0.3 is 6.18 Å². The van der Waals surface area contributed by atoms with Gasteiger partial charge in [0.15, 0.2) is 0 Å². The van der Waals surface area contributed by atoms with Crippen molar-refractivity contribution in [1.82, 2.24) is 9.80 Å². The van der Waals surface area contributed by atoms with Gasteiger partial charge in [-0.3, -0.25) is 9.59 Å². The summed E-state index contributed by atoms with van der Waals surface area (Å²) >= 11 is 0. The third kappa shape index (κ3) is 2.84. The number of fused-ring (bicyclic) bond motifs is 1. The standard InChI is InChI=1S/C12H17F3N2O2/c1-8-10(18)17-6-2-4-9(17)11(19)16(8)7-3-5-12(13,14)15/h8-9H,2-7H2,1H3. The van der Waals surface area contributed by atoms with Gasteiger partial charge in [-0.1, -0.05) is 0 Å². The Bertz CT molecular complexity index is 384. The van der Waals surface area contributed by atoms with Gasteiger partial charge in [0.2, 0.25) is 11.8 Å². The summed E-state index contributed by atoms with van der Waals surface area (Å²) < 4.78 is 36.4. The molecule has 2 saturated heterocycles. The average Bonchev–Trinajstić information content (AvgIpc) is 2.78. The van der Waals surface area contributed by atoms with Crippen LogP contribution in [-0.2, 0) is 9.59 Å². The van der Waals surface area contributed by atoms with Crippen molar-refractivity contribution in [1.29, 1.82) is 0 Å². The van der Waals surface area contributed by atoms with E-state index in [4.69, 9.17) is 0 Å². The number of nitrogens with zero attached hydrogens (tertiary/aromatic N) is 2. The van der Waals surface area contributed by atoms with Gasteiger partial charge in [-0.15, -0.1) is 0 Å². The zero-order valence-corrected chi connectivity index (χ0v) is 10.7. The van der Waals surface area contributed by atoms with Gasteiger partial charge in [-0.25, -0.2) is 0 Å². The van der Waals surface area contributed by atoms with Crippen LogP contribution in [0.3, 0.4) is 0 Å². The number of carbonyl (C=O) groups excluding carboxylic acids is 2. The van der Waals surface area contributed by atoms with Crippen molar-refractivity contribution in [3.63, 3.8) is 0 Å². The fourth-order valence-electron chi connectivity index (χ4n) is 2.80. The first-order chi connectivity index (χ1) is 8.81. The van der Waals surface area contributed by atoms with Crippen LogP contribution in [0.25, 0.3) is 0 Å². The molecule has 7 heteroatoms. The molecule has 0 aromatic rings. The van der Waals surface area contributed by atoms with Crippen LogP contribution in [0.4, 0.5) is 13.2 Å². The van der Waals surface area contributed by atoms with E-state index in [-0.39, 0.29) is 24.8 Å². The lowest BCUT2D eigenvalue weighted by Gasteiger charge is -2.41. The number of amides is 2. The van der Waals surface area contributed by atoms with Crippen molar-refractivity contribution in [2.75, 3.05) is 13.1 Å². The van der Waals surface area contributed by atoms with Gasteiger partial charge in [0, 0.05) is 19.5 Å². The molecule has 19 heavy (non-hydrogen) atoms. The molecule has 2 aliphatic rings. The summed E-state index contributed by atoms with van der Waals surface area (Å²) in [6.45, 7) is 2.16. The lowest BCUT2D eigenvalue weighted by Crippen LogP contribution is -2.61. The van der Waals surface area contributed by atoms with Crippen molar-refractivity contribution >= 4 is 11.8 Å². The normalized spacial score (nSPS) is 28.0. The Morgan fingerprint density at radius 2 is 1.95 bits per heavy atom. The Kier molecular flexibility index (Phi) is 3.73. The Morgan fingerprint density at radius 1 is 1.26 bits per heavy atom. The van der Waals surface area contributed by atoms with Gasteiger partial charge in [-0.05, 0) is 26.2 Å². The molecule has 2 unspecified atom stereocenters. The van der Waals surface area contributed by atoms with Gasteiger partial charge in [-0.2, -0.15) is 13.2 Å². The first kappa shape index (κ1) is 14.1. The second kappa shape index (κ2) is 5.02. The molecule has 2 aliphatic heterocycles. The van der Waals surface area contributed by atoms with Crippen LogP contribution in [-0.4, -0.2) is 53.0 Å². The van der Waals surface area contributed by atoms with Crippen molar-refractivity contribution in [2.45, 2.75) is 50.9 Å². The maximum atomic E-state index is 12.2. The third-order valence-electron chi connectivity index (χ3n) is 3.79. The number of carbonyl (C=O) groups is 2. The molecule has 108 valence electrons. The van der Waals surface area contributed by atoms with Crippen LogP contribution in [0.1, 0.15) is 32.6 Å². The van der Waals surface area contributed by atoms with Crippen molar-refractivity contribution in [3.8, 4) is 0 Å². The number of hydrogen-bond acceptors (Lipinski definition) is 2. The molecule has 2 rings (SSSR count). The summed E-state index contributed by atoms with van der Waals surface area (Å²) in [4.78, 5) is 27.1. The molecule has 0 spiro atoms. The average molecular weight is 278 g/mol. The quantitative estimate of drug-likeness (QED) is 0.786. The smallest absolute Gasteiger partial charge is 0.329 e. The summed E-state index contributed by atoms with van der Waals surface area (Å²) in [6, 6.07) is -1.09. The van der Waals surface area contributed by atoms with Crippen molar-refractivity contribution < 1.29 is 22.8 Å². The van der Waals surface area contributed by atoms with Gasteiger partial charge in [0.05, 0.1) is 0 Å². The fraction of sp³-hybridized carbons (Fsp3) is 0.833. The lowest BCUT2D eigenvalue weighted by atomic mass is 10.1. The molecule has 2 amide bonds. The highest BCUT2D eigenvalue weighted by atomic mass is 19.4. The summed E-state index contributed by atoms with van der Waals surface area (Å²) in [5.74, 6) is -0.346. The zero-order chi connectivity index (χ0) is 14.2. The van der Waals surface area contributed by atoms with E-state index in [9.17, 15) is 22.8 Å². The van der Waals surface area contributed by atoms with E-state index in [1.807, 2.05) is 0 Å². The van der Waals surface area contributed by atoms with Crippen LogP contribution in [0, 0.1) is 0 Å². The first-order valence-corrected chi connectivity index (χ1v) is 6.49. The highest BCUT2D eigenvalue weighted by Crippen LogP contribution is 2.28. The minimum absolute atomic E-state index is 0.00438. The Balaban J connectivity index is 1.99. The summed E-state index contributed by atoms with van der Waals surface area (Å²) in [6.07, 6.45) is -3.89. The van der Waals surface area contributed by atoms with Crippen LogP contribution in [0.2, 0.25) is 0 Å². The molecule has 2 fully saturated rings. The largest absolute Gasteiger partial charge is 0.389 e. The zero-order valence-electron chi connectivity index (χ0n) is 10.7. The highest BCUT2D eigenvalue weighted by molar-refractivity contribution is 5.97. The van der Waals surface area contributed by atoms with E-state index >= 15 is 0 Å². The summed E-state index contributed by atoms with van der Waals surface area (Å²) in [7, 11) is 0. The topological polar surface area (TPSA) is 40.6 Å². The minimum Gasteiger partial charge on any atom is -0.329 e. The minimum atomic E-state index is -4.22. The predicted molar refractivity (Wildman–Crippen MR) is 61.2 cm³/mol. The van der Waals surface area contributed by atoms with Gasteiger partial charge in [0.1, 0.15) is 12.1 Å². The van der Waals surface area contributed by atoms with Crippen LogP contribution in [0.15, 0.2) is 0 Å². The molecule has 0 bridgehead atoms. The fourth-order valence-corrected chi connectivity index (χ4v) is 2.80. The summed E-state index contributed by atoms with van der Waals surface area (Å²) in [5.41, 5.74) is 0. The molecule has 0 saturated carbocycles. The second-order valence-corrected chi connectivity index (χ2v) is 5.12. The van der Waals surface area contributed by atoms with E-state index in [0.717, 1.165) is 6.42 Å². The van der Waals surface area contributed by atoms with E-state index in [1.54, 1.807) is 11.8 Å². The number of piperazine rings is 1. The molecule has 0 aromatic heterocycles. The monoisotopic (exact) mass is 278 g/mol. The first-order valence-electron chi connectivity index (χ1n) is 6.49. The molecule has 2 atom stereocenters. The maximum Gasteiger partial charge on any atom is 0.389 e. The van der Waals surface area contributed by atoms with E-state index < -0.39 is 24.7 Å². The molecule has 4 nitrogen and oxygen atoms in total. The lowest BCUT2D eigenvalue weighted by molar-refractivity contribution is -0.160. The Hall–Kier alpha value is -1.27. The van der Waals surface area contributed by atoms with Crippen LogP contribution in [0.5, 0.6) is 0 Å². The molecular formula is C12H17F3N2O2. The van der Waals surface area contributed by atoms with Gasteiger partial charge < -0.3 is 9.80 Å². The second-order valence-electron chi connectivity index (χ2n) is 5.12. The molecular weight excluding hydrogens is 261 g/mol. The number of rotatable bonds is 3. The van der Waals surface area contributed by atoms with E-state index in [1.165, 1.54) is 4.90 Å². The molecule has 0 aliphatic carbocycles. The highest BCUT2D eigenvalue weighted by Gasteiger charge is 2.45. The van der Waals surface area contributed by atoms with Crippen molar-refractivity contribution in [2.24, 2.45) is 0 Å². The molecule has 0 aromatic carbocycles. The number of halogens is 3. The molecule has 2 heterocycles. The number of hydrogen-bond donors (Lipinski definition) is 0. The molecule has 0 radical (unpaired) electrons. The van der Waals surface area contributed by atoms with Crippen molar-refractivity contribution in [3.05, 3.63) is 0 Å². The van der Waals surface area contributed by atoms with E-state index in [0.29, 0.717) is 13.0 Å². The summed E-state index contributed by atoms with van der Waals surface area (Å²) in [5, 5.41) is 0. The van der Waals surface area contributed by atoms with Crippen LogP contribution >= 0.6 is 0 Å². The number of alkyl halides is 3. The van der Waals surface area contributed by atoms with Crippen LogP contribution < -0.4 is 0 Å². The third-order valence-corrected chi connectivity index (χ3v) is 3.79. The van der Waals surface area contributed by atoms with Gasteiger partial charge in [0.25, 0.3) is 0 Å². The predicted octanol–water partition coefficient (Wildman–Crippen LogP) is 1.55. The Labute approximate surface area is 109 Å². The van der Waals surface area contributed by atoms with E-state index in [2.05, 4.69) is 0 Å². The maximum absolute atomic E-state index is 12.2. The SMILES string of the molecule is CC1C(=O)N2CCCC2C(=O)N1CCCC(F)(F)F. The molecule has 0 N–H and O–H groups in total.